The van der Waals surface area contributed by atoms with Crippen LogP contribution in [0.25, 0.3) is 11.4 Å². The van der Waals surface area contributed by atoms with Gasteiger partial charge in [0.2, 0.25) is 0 Å². The molecule has 0 unspecified atom stereocenters. The molecular weight excluding hydrogens is 368 g/mol. The van der Waals surface area contributed by atoms with E-state index in [-0.39, 0.29) is 16.3 Å². The van der Waals surface area contributed by atoms with Gasteiger partial charge in [-0.1, -0.05) is 0 Å². The highest BCUT2D eigenvalue weighted by Crippen LogP contribution is 2.29. The number of hydrogen-bond acceptors (Lipinski definition) is 7. The van der Waals surface area contributed by atoms with E-state index in [1.165, 1.54) is 12.1 Å². The van der Waals surface area contributed by atoms with Crippen molar-refractivity contribution in [3.63, 3.8) is 0 Å². The average molecular weight is 384 g/mol. The summed E-state index contributed by atoms with van der Waals surface area (Å²) in [5.41, 5.74) is 2.28. The Bertz CT molecular complexity index is 1110. The maximum atomic E-state index is 12.0. The SMILES string of the molecule is Cc1ccnc(-c2ccc(Nc3ccc([N+](=O)[O-])cc3S(C)(=O)=O)cc2)n1. The fourth-order valence-electron chi connectivity index (χ4n) is 2.48. The lowest BCUT2D eigenvalue weighted by molar-refractivity contribution is -0.385. The Balaban J connectivity index is 1.92. The van der Waals surface area contributed by atoms with Crippen LogP contribution in [0.1, 0.15) is 5.69 Å². The number of nitro groups is 1. The molecule has 9 heteroatoms. The van der Waals surface area contributed by atoms with Crippen LogP contribution in [0.5, 0.6) is 0 Å². The van der Waals surface area contributed by atoms with E-state index in [2.05, 4.69) is 15.3 Å². The summed E-state index contributed by atoms with van der Waals surface area (Å²) in [6.07, 6.45) is 2.69. The standard InChI is InChI=1S/C18H16N4O4S/c1-12-9-10-19-18(20-12)13-3-5-14(6-4-13)21-16-8-7-15(22(23)24)11-17(16)27(2,25)26/h3-11,21H,1-2H3. The van der Waals surface area contributed by atoms with Gasteiger partial charge in [-0.05, 0) is 43.3 Å². The molecule has 0 atom stereocenters. The summed E-state index contributed by atoms with van der Waals surface area (Å²) in [6, 6.07) is 12.6. The van der Waals surface area contributed by atoms with Crippen LogP contribution in [0.15, 0.2) is 59.6 Å². The number of aromatic nitrogens is 2. The molecule has 1 N–H and O–H groups in total. The zero-order chi connectivity index (χ0) is 19.6. The van der Waals surface area contributed by atoms with E-state index < -0.39 is 14.8 Å². The van der Waals surface area contributed by atoms with Crippen LogP contribution in [0.2, 0.25) is 0 Å². The van der Waals surface area contributed by atoms with E-state index in [9.17, 15) is 18.5 Å². The van der Waals surface area contributed by atoms with Gasteiger partial charge in [-0.15, -0.1) is 0 Å². The van der Waals surface area contributed by atoms with Crippen molar-refractivity contribution < 1.29 is 13.3 Å². The molecule has 0 aliphatic carbocycles. The molecule has 27 heavy (non-hydrogen) atoms. The number of sulfone groups is 1. The van der Waals surface area contributed by atoms with E-state index in [4.69, 9.17) is 0 Å². The number of rotatable bonds is 5. The molecule has 0 radical (unpaired) electrons. The van der Waals surface area contributed by atoms with E-state index in [1.54, 1.807) is 24.4 Å². The molecule has 2 aromatic carbocycles. The van der Waals surface area contributed by atoms with Gasteiger partial charge in [-0.2, -0.15) is 0 Å². The van der Waals surface area contributed by atoms with Crippen molar-refractivity contribution in [2.24, 2.45) is 0 Å². The minimum atomic E-state index is -3.65. The highest BCUT2D eigenvalue weighted by atomic mass is 32.2. The Kier molecular flexibility index (Phi) is 4.87. The molecule has 0 amide bonds. The lowest BCUT2D eigenvalue weighted by Crippen LogP contribution is -2.04. The van der Waals surface area contributed by atoms with Crippen molar-refractivity contribution in [3.05, 3.63) is 70.5 Å². The number of nitrogens with one attached hydrogen (secondary N) is 1. The number of aryl methyl sites for hydroxylation is 1. The molecule has 0 fully saturated rings. The summed E-state index contributed by atoms with van der Waals surface area (Å²) < 4.78 is 24.0. The second kappa shape index (κ2) is 7.12. The number of non-ortho nitro benzene ring substituents is 1. The predicted octanol–water partition coefficient (Wildman–Crippen LogP) is 3.51. The van der Waals surface area contributed by atoms with Gasteiger partial charge < -0.3 is 5.32 Å². The van der Waals surface area contributed by atoms with Crippen molar-refractivity contribution in [3.8, 4) is 11.4 Å². The van der Waals surface area contributed by atoms with Crippen molar-refractivity contribution in [1.29, 1.82) is 0 Å². The molecule has 0 aliphatic heterocycles. The summed E-state index contributed by atoms with van der Waals surface area (Å²) in [7, 11) is -3.65. The lowest BCUT2D eigenvalue weighted by Gasteiger charge is -2.11. The first-order valence-electron chi connectivity index (χ1n) is 7.89. The molecule has 3 rings (SSSR count). The number of benzene rings is 2. The van der Waals surface area contributed by atoms with E-state index in [0.717, 1.165) is 23.6 Å². The number of anilines is 2. The van der Waals surface area contributed by atoms with Gasteiger partial charge in [0, 0.05) is 41.5 Å². The fourth-order valence-corrected chi connectivity index (χ4v) is 3.33. The normalized spacial score (nSPS) is 11.2. The van der Waals surface area contributed by atoms with Crippen LogP contribution >= 0.6 is 0 Å². The summed E-state index contributed by atoms with van der Waals surface area (Å²) in [5, 5.41) is 13.9. The monoisotopic (exact) mass is 384 g/mol. The highest BCUT2D eigenvalue weighted by molar-refractivity contribution is 7.90. The number of nitrogens with zero attached hydrogens (tertiary/aromatic N) is 3. The van der Waals surface area contributed by atoms with Crippen molar-refractivity contribution in [2.45, 2.75) is 11.8 Å². The summed E-state index contributed by atoms with van der Waals surface area (Å²) in [4.78, 5) is 18.7. The third kappa shape index (κ3) is 4.26. The maximum Gasteiger partial charge on any atom is 0.270 e. The first kappa shape index (κ1) is 18.5. The van der Waals surface area contributed by atoms with E-state index >= 15 is 0 Å². The lowest BCUT2D eigenvalue weighted by atomic mass is 10.2. The summed E-state index contributed by atoms with van der Waals surface area (Å²) in [5.74, 6) is 0.591. The van der Waals surface area contributed by atoms with Gasteiger partial charge in [-0.25, -0.2) is 18.4 Å². The largest absolute Gasteiger partial charge is 0.354 e. The van der Waals surface area contributed by atoms with Gasteiger partial charge in [0.1, 0.15) is 0 Å². The first-order chi connectivity index (χ1) is 12.7. The molecule has 1 aromatic heterocycles. The molecule has 0 saturated carbocycles. The van der Waals surface area contributed by atoms with Crippen LogP contribution in [-0.2, 0) is 9.84 Å². The predicted molar refractivity (Wildman–Crippen MR) is 102 cm³/mol. The van der Waals surface area contributed by atoms with Gasteiger partial charge in [0.15, 0.2) is 15.7 Å². The van der Waals surface area contributed by atoms with Crippen LogP contribution in [0.3, 0.4) is 0 Å². The molecular formula is C18H16N4O4S. The van der Waals surface area contributed by atoms with Gasteiger partial charge in [0.25, 0.3) is 5.69 Å². The zero-order valence-corrected chi connectivity index (χ0v) is 15.4. The van der Waals surface area contributed by atoms with Gasteiger partial charge in [-0.3, -0.25) is 10.1 Å². The molecule has 8 nitrogen and oxygen atoms in total. The Morgan fingerprint density at radius 2 is 1.78 bits per heavy atom. The van der Waals surface area contributed by atoms with Crippen molar-refractivity contribution >= 4 is 26.9 Å². The van der Waals surface area contributed by atoms with Gasteiger partial charge in [0.05, 0.1) is 15.5 Å². The number of hydrogen-bond donors (Lipinski definition) is 1. The summed E-state index contributed by atoms with van der Waals surface area (Å²) in [6.45, 7) is 1.88. The molecule has 0 spiro atoms. The second-order valence-electron chi connectivity index (χ2n) is 5.93. The van der Waals surface area contributed by atoms with Crippen LogP contribution in [0.4, 0.5) is 17.1 Å². The topological polar surface area (TPSA) is 115 Å². The average Bonchev–Trinajstić information content (AvgIpc) is 2.61. The fraction of sp³-hybridized carbons (Fsp3) is 0.111. The van der Waals surface area contributed by atoms with Crippen LogP contribution in [-0.4, -0.2) is 29.6 Å². The maximum absolute atomic E-state index is 12.0. The zero-order valence-electron chi connectivity index (χ0n) is 14.6. The molecule has 0 saturated heterocycles. The minimum Gasteiger partial charge on any atom is -0.354 e. The Morgan fingerprint density at radius 3 is 2.37 bits per heavy atom. The molecule has 1 heterocycles. The second-order valence-corrected chi connectivity index (χ2v) is 7.92. The quantitative estimate of drug-likeness (QED) is 0.528. The van der Waals surface area contributed by atoms with E-state index in [0.29, 0.717) is 11.5 Å². The number of nitro benzene ring substituents is 1. The van der Waals surface area contributed by atoms with E-state index in [1.807, 2.05) is 19.1 Å². The third-order valence-electron chi connectivity index (χ3n) is 3.79. The smallest absolute Gasteiger partial charge is 0.270 e. The molecule has 0 bridgehead atoms. The molecule has 138 valence electrons. The Hall–Kier alpha value is -3.33. The van der Waals surface area contributed by atoms with Crippen molar-refractivity contribution in [2.75, 3.05) is 11.6 Å². The molecule has 3 aromatic rings. The molecule has 0 aliphatic rings. The Labute approximate surface area is 156 Å². The minimum absolute atomic E-state index is 0.136. The summed E-state index contributed by atoms with van der Waals surface area (Å²) >= 11 is 0. The van der Waals surface area contributed by atoms with Gasteiger partial charge >= 0.3 is 0 Å². The Morgan fingerprint density at radius 1 is 1.07 bits per heavy atom. The van der Waals surface area contributed by atoms with Crippen LogP contribution in [0, 0.1) is 17.0 Å². The third-order valence-corrected chi connectivity index (χ3v) is 4.93. The first-order valence-corrected chi connectivity index (χ1v) is 9.79. The van der Waals surface area contributed by atoms with Crippen molar-refractivity contribution in [1.82, 2.24) is 9.97 Å². The highest BCUT2D eigenvalue weighted by Gasteiger charge is 2.18. The van der Waals surface area contributed by atoms with Crippen LogP contribution < -0.4 is 5.32 Å².